The number of amides is 1. The van der Waals surface area contributed by atoms with Gasteiger partial charge in [0.25, 0.3) is 5.91 Å². The van der Waals surface area contributed by atoms with Crippen molar-refractivity contribution < 1.29 is 14.1 Å². The van der Waals surface area contributed by atoms with Crippen LogP contribution in [0.3, 0.4) is 0 Å². The Hall–Kier alpha value is -2.18. The van der Waals surface area contributed by atoms with E-state index in [2.05, 4.69) is 17.1 Å². The van der Waals surface area contributed by atoms with Crippen molar-refractivity contribution in [2.24, 2.45) is 0 Å². The fourth-order valence-corrected chi connectivity index (χ4v) is 3.80. The molecule has 6 nitrogen and oxygen atoms in total. The van der Waals surface area contributed by atoms with Crippen LogP contribution in [-0.4, -0.2) is 66.3 Å². The van der Waals surface area contributed by atoms with Gasteiger partial charge in [-0.2, -0.15) is 0 Å². The van der Waals surface area contributed by atoms with Gasteiger partial charge in [-0.05, 0) is 19.9 Å². The van der Waals surface area contributed by atoms with E-state index in [1.165, 1.54) is 0 Å². The molecule has 4 rings (SSSR count). The Morgan fingerprint density at radius 3 is 2.68 bits per heavy atom. The van der Waals surface area contributed by atoms with Crippen molar-refractivity contribution in [1.82, 2.24) is 15.0 Å². The van der Waals surface area contributed by atoms with Gasteiger partial charge in [-0.25, -0.2) is 0 Å². The van der Waals surface area contributed by atoms with E-state index in [-0.39, 0.29) is 11.4 Å². The summed E-state index contributed by atoms with van der Waals surface area (Å²) in [6.07, 6.45) is 1.91. The number of carbonyl (C=O) groups is 1. The molecule has 0 aliphatic carbocycles. The summed E-state index contributed by atoms with van der Waals surface area (Å²) in [6, 6.07) is 11.5. The maximum atomic E-state index is 12.9. The molecule has 6 heteroatoms. The molecular formula is C19H23N3O3. The molecule has 132 valence electrons. The zero-order valence-electron chi connectivity index (χ0n) is 14.5. The van der Waals surface area contributed by atoms with Crippen LogP contribution in [0.4, 0.5) is 0 Å². The van der Waals surface area contributed by atoms with Crippen molar-refractivity contribution in [3.05, 3.63) is 42.2 Å². The number of nitrogens with zero attached hydrogens (tertiary/aromatic N) is 3. The van der Waals surface area contributed by atoms with Crippen molar-refractivity contribution in [2.45, 2.75) is 18.4 Å². The van der Waals surface area contributed by atoms with Gasteiger partial charge in [-0.3, -0.25) is 9.69 Å². The van der Waals surface area contributed by atoms with Gasteiger partial charge in [0.05, 0.1) is 0 Å². The van der Waals surface area contributed by atoms with Gasteiger partial charge in [0.2, 0.25) is 5.76 Å². The monoisotopic (exact) mass is 341 g/mol. The van der Waals surface area contributed by atoms with Crippen molar-refractivity contribution >= 4 is 5.91 Å². The Labute approximate surface area is 147 Å². The number of carbonyl (C=O) groups excluding carboxylic acids is 1. The third-order valence-electron chi connectivity index (χ3n) is 5.50. The summed E-state index contributed by atoms with van der Waals surface area (Å²) < 4.78 is 10.9. The average Bonchev–Trinajstić information content (AvgIpc) is 3.15. The lowest BCUT2D eigenvalue weighted by Crippen LogP contribution is -2.63. The molecule has 2 aliphatic rings. The van der Waals surface area contributed by atoms with Gasteiger partial charge in [-0.1, -0.05) is 35.5 Å². The third kappa shape index (κ3) is 3.07. The van der Waals surface area contributed by atoms with Crippen LogP contribution < -0.4 is 0 Å². The molecule has 1 spiro atoms. The van der Waals surface area contributed by atoms with Gasteiger partial charge in [0.15, 0.2) is 0 Å². The molecule has 0 atom stereocenters. The van der Waals surface area contributed by atoms with E-state index in [1.54, 1.807) is 6.07 Å². The largest absolute Gasteiger partial charge is 0.381 e. The molecule has 1 aromatic heterocycles. The zero-order chi connectivity index (χ0) is 17.3. The minimum absolute atomic E-state index is 0.0223. The number of aromatic nitrogens is 1. The van der Waals surface area contributed by atoms with E-state index in [4.69, 9.17) is 9.26 Å². The Morgan fingerprint density at radius 1 is 1.16 bits per heavy atom. The Morgan fingerprint density at radius 2 is 1.92 bits per heavy atom. The van der Waals surface area contributed by atoms with Crippen LogP contribution >= 0.6 is 0 Å². The predicted octanol–water partition coefficient (Wildman–Crippen LogP) is 2.28. The quantitative estimate of drug-likeness (QED) is 0.839. The summed E-state index contributed by atoms with van der Waals surface area (Å²) >= 11 is 0. The molecule has 2 aromatic rings. The molecular weight excluding hydrogens is 318 g/mol. The second-order valence-corrected chi connectivity index (χ2v) is 6.93. The smallest absolute Gasteiger partial charge is 0.292 e. The minimum atomic E-state index is -0.0753. The van der Waals surface area contributed by atoms with Gasteiger partial charge in [0, 0.05) is 50.0 Å². The average molecular weight is 341 g/mol. The minimum Gasteiger partial charge on any atom is -0.381 e. The lowest BCUT2D eigenvalue weighted by Gasteiger charge is -2.51. The molecule has 0 N–H and O–H groups in total. The van der Waals surface area contributed by atoms with Gasteiger partial charge in [-0.15, -0.1) is 0 Å². The van der Waals surface area contributed by atoms with E-state index >= 15 is 0 Å². The van der Waals surface area contributed by atoms with E-state index < -0.39 is 0 Å². The lowest BCUT2D eigenvalue weighted by molar-refractivity contribution is -0.0548. The maximum Gasteiger partial charge on any atom is 0.292 e. The first-order chi connectivity index (χ1) is 12.2. The Kier molecular flexibility index (Phi) is 4.31. The second-order valence-electron chi connectivity index (χ2n) is 6.93. The summed E-state index contributed by atoms with van der Waals surface area (Å²) in [5.74, 6) is 0.235. The van der Waals surface area contributed by atoms with Crippen LogP contribution in [0.15, 0.2) is 40.9 Å². The zero-order valence-corrected chi connectivity index (χ0v) is 14.5. The molecule has 2 aliphatic heterocycles. The maximum absolute atomic E-state index is 12.9. The first-order valence-corrected chi connectivity index (χ1v) is 8.78. The Bertz CT molecular complexity index is 737. The highest BCUT2D eigenvalue weighted by molar-refractivity contribution is 5.92. The highest BCUT2D eigenvalue weighted by atomic mass is 16.5. The normalized spacial score (nSPS) is 20.8. The fraction of sp³-hybridized carbons (Fsp3) is 0.474. The molecule has 0 bridgehead atoms. The SMILES string of the molecule is CN1CCN(C(=O)c2cc(-c3ccccc3)no2)CC12CCOCC2. The summed E-state index contributed by atoms with van der Waals surface area (Å²) in [5.41, 5.74) is 1.66. The van der Waals surface area contributed by atoms with E-state index in [1.807, 2.05) is 35.2 Å². The molecule has 1 amide bonds. The number of likely N-dealkylation sites (N-methyl/N-ethyl adjacent to an activating group) is 1. The summed E-state index contributed by atoms with van der Waals surface area (Å²) in [7, 11) is 2.15. The second kappa shape index (κ2) is 6.61. The first kappa shape index (κ1) is 16.3. The van der Waals surface area contributed by atoms with Crippen molar-refractivity contribution in [1.29, 1.82) is 0 Å². The van der Waals surface area contributed by atoms with Gasteiger partial charge in [0.1, 0.15) is 5.69 Å². The number of ether oxygens (including phenoxy) is 1. The van der Waals surface area contributed by atoms with E-state index in [0.29, 0.717) is 24.5 Å². The number of benzene rings is 1. The van der Waals surface area contributed by atoms with Crippen molar-refractivity contribution in [3.8, 4) is 11.3 Å². The topological polar surface area (TPSA) is 58.8 Å². The molecule has 0 radical (unpaired) electrons. The highest BCUT2D eigenvalue weighted by Crippen LogP contribution is 2.31. The molecule has 2 fully saturated rings. The molecule has 0 unspecified atom stereocenters. The van der Waals surface area contributed by atoms with Crippen molar-refractivity contribution in [3.63, 3.8) is 0 Å². The van der Waals surface area contributed by atoms with Crippen LogP contribution in [0.25, 0.3) is 11.3 Å². The summed E-state index contributed by atoms with van der Waals surface area (Å²) in [5, 5.41) is 4.07. The highest BCUT2D eigenvalue weighted by Gasteiger charge is 2.42. The van der Waals surface area contributed by atoms with Crippen LogP contribution in [0.2, 0.25) is 0 Å². The lowest BCUT2D eigenvalue weighted by atomic mass is 9.86. The Balaban J connectivity index is 1.52. The predicted molar refractivity (Wildman–Crippen MR) is 93.3 cm³/mol. The molecule has 2 saturated heterocycles. The number of rotatable bonds is 2. The van der Waals surface area contributed by atoms with Gasteiger partial charge >= 0.3 is 0 Å². The molecule has 0 saturated carbocycles. The van der Waals surface area contributed by atoms with Crippen LogP contribution in [0.5, 0.6) is 0 Å². The summed E-state index contributed by atoms with van der Waals surface area (Å²) in [4.78, 5) is 17.2. The van der Waals surface area contributed by atoms with Crippen molar-refractivity contribution in [2.75, 3.05) is 39.9 Å². The number of hydrogen-bond acceptors (Lipinski definition) is 5. The van der Waals surface area contributed by atoms with E-state index in [0.717, 1.165) is 38.2 Å². The molecule has 3 heterocycles. The number of hydrogen-bond donors (Lipinski definition) is 0. The third-order valence-corrected chi connectivity index (χ3v) is 5.50. The van der Waals surface area contributed by atoms with Crippen LogP contribution in [-0.2, 0) is 4.74 Å². The first-order valence-electron chi connectivity index (χ1n) is 8.78. The fourth-order valence-electron chi connectivity index (χ4n) is 3.80. The number of piperazine rings is 1. The van der Waals surface area contributed by atoms with Gasteiger partial charge < -0.3 is 14.2 Å². The van der Waals surface area contributed by atoms with Crippen LogP contribution in [0.1, 0.15) is 23.4 Å². The molecule has 1 aromatic carbocycles. The molecule has 25 heavy (non-hydrogen) atoms. The van der Waals surface area contributed by atoms with Crippen LogP contribution in [0, 0.1) is 0 Å². The van der Waals surface area contributed by atoms with E-state index in [9.17, 15) is 4.79 Å². The summed E-state index contributed by atoms with van der Waals surface area (Å²) in [6.45, 7) is 3.80. The standard InChI is InChI=1S/C19H23N3O3/c1-21-9-10-22(14-19(21)7-11-24-12-8-19)18(23)17-13-16(20-25-17)15-5-3-2-4-6-15/h2-6,13H,7-12,14H2,1H3.